The van der Waals surface area contributed by atoms with E-state index in [4.69, 9.17) is 8.94 Å². The highest BCUT2D eigenvalue weighted by molar-refractivity contribution is 5.93. The Kier molecular flexibility index (Phi) is 5.03. The van der Waals surface area contributed by atoms with Crippen LogP contribution in [-0.2, 0) is 0 Å². The summed E-state index contributed by atoms with van der Waals surface area (Å²) < 4.78 is 10.3. The monoisotopic (exact) mass is 311 g/mol. The maximum absolute atomic E-state index is 12.1. The van der Waals surface area contributed by atoms with Gasteiger partial charge in [-0.15, -0.1) is 12.4 Å². The van der Waals surface area contributed by atoms with Gasteiger partial charge in [0.1, 0.15) is 0 Å². The maximum atomic E-state index is 12.1. The molecule has 21 heavy (non-hydrogen) atoms. The molecule has 2 aromatic heterocycles. The Bertz CT molecular complexity index is 582. The zero-order valence-corrected chi connectivity index (χ0v) is 12.5. The molecule has 1 aliphatic rings. The van der Waals surface area contributed by atoms with E-state index in [-0.39, 0.29) is 30.0 Å². The molecule has 0 spiro atoms. The van der Waals surface area contributed by atoms with E-state index >= 15 is 0 Å². The van der Waals surface area contributed by atoms with E-state index in [1.165, 1.54) is 0 Å². The van der Waals surface area contributed by atoms with Crippen LogP contribution in [0.2, 0.25) is 0 Å². The highest BCUT2D eigenvalue weighted by Crippen LogP contribution is 2.20. The van der Waals surface area contributed by atoms with Gasteiger partial charge in [0, 0.05) is 18.7 Å². The molecular formula is C14H18ClN3O3. The molecule has 0 aliphatic carbocycles. The molecule has 1 fully saturated rings. The summed E-state index contributed by atoms with van der Waals surface area (Å²) in [5.41, 5.74) is 0.272. The molecule has 0 aromatic carbocycles. The second kappa shape index (κ2) is 6.78. The minimum atomic E-state index is -0.216. The maximum Gasteiger partial charge on any atom is 0.273 e. The number of nitrogens with zero attached hydrogens (tertiary/aromatic N) is 1. The predicted molar refractivity (Wildman–Crippen MR) is 79.4 cm³/mol. The van der Waals surface area contributed by atoms with Crippen molar-refractivity contribution >= 4 is 18.3 Å². The molecule has 0 bridgehead atoms. The van der Waals surface area contributed by atoms with Gasteiger partial charge in [0.15, 0.2) is 11.5 Å². The number of nitrogens with one attached hydrogen (secondary N) is 2. The van der Waals surface area contributed by atoms with Crippen molar-refractivity contribution in [3.63, 3.8) is 0 Å². The second-order valence-corrected chi connectivity index (χ2v) is 5.10. The average molecular weight is 312 g/mol. The molecule has 2 aromatic rings. The van der Waals surface area contributed by atoms with Crippen LogP contribution >= 0.6 is 12.4 Å². The summed E-state index contributed by atoms with van der Waals surface area (Å²) in [7, 11) is 0. The fourth-order valence-corrected chi connectivity index (χ4v) is 2.34. The van der Waals surface area contributed by atoms with Crippen LogP contribution in [0.4, 0.5) is 0 Å². The Labute approximate surface area is 128 Å². The Hall–Kier alpha value is -1.79. The second-order valence-electron chi connectivity index (χ2n) is 5.10. The molecule has 0 radical (unpaired) electrons. The molecule has 1 aliphatic heterocycles. The van der Waals surface area contributed by atoms with Crippen molar-refractivity contribution in [2.75, 3.05) is 13.1 Å². The first-order valence-corrected chi connectivity index (χ1v) is 6.76. The SMILES string of the molecule is CC1CCNCC1NC(=O)c1cc(-c2ccco2)on1.Cl. The zero-order chi connectivity index (χ0) is 13.9. The number of aromatic nitrogens is 1. The Morgan fingerprint density at radius 3 is 3.05 bits per heavy atom. The fourth-order valence-electron chi connectivity index (χ4n) is 2.34. The molecule has 2 atom stereocenters. The molecule has 0 saturated carbocycles. The zero-order valence-electron chi connectivity index (χ0n) is 11.7. The van der Waals surface area contributed by atoms with E-state index in [9.17, 15) is 4.79 Å². The van der Waals surface area contributed by atoms with Crippen molar-refractivity contribution in [3.8, 4) is 11.5 Å². The molecule has 114 valence electrons. The lowest BCUT2D eigenvalue weighted by Gasteiger charge is -2.29. The molecule has 1 amide bonds. The minimum absolute atomic E-state index is 0. The van der Waals surface area contributed by atoms with Crippen molar-refractivity contribution in [2.45, 2.75) is 19.4 Å². The number of amides is 1. The number of hydrogen-bond donors (Lipinski definition) is 2. The Morgan fingerprint density at radius 2 is 2.33 bits per heavy atom. The van der Waals surface area contributed by atoms with Crippen molar-refractivity contribution in [1.82, 2.24) is 15.8 Å². The van der Waals surface area contributed by atoms with Gasteiger partial charge in [0.2, 0.25) is 5.76 Å². The minimum Gasteiger partial charge on any atom is -0.461 e. The lowest BCUT2D eigenvalue weighted by Crippen LogP contribution is -2.50. The number of furan rings is 1. The molecule has 3 rings (SSSR count). The molecule has 6 nitrogen and oxygen atoms in total. The largest absolute Gasteiger partial charge is 0.461 e. The van der Waals surface area contributed by atoms with E-state index in [0.29, 0.717) is 17.4 Å². The third kappa shape index (κ3) is 3.46. The highest BCUT2D eigenvalue weighted by Gasteiger charge is 2.24. The van der Waals surface area contributed by atoms with Crippen LogP contribution in [-0.4, -0.2) is 30.2 Å². The van der Waals surface area contributed by atoms with E-state index in [0.717, 1.165) is 19.5 Å². The summed E-state index contributed by atoms with van der Waals surface area (Å²) in [5, 5.41) is 10.1. The molecule has 7 heteroatoms. The van der Waals surface area contributed by atoms with E-state index < -0.39 is 0 Å². The van der Waals surface area contributed by atoms with Gasteiger partial charge >= 0.3 is 0 Å². The van der Waals surface area contributed by atoms with E-state index in [2.05, 4.69) is 22.7 Å². The van der Waals surface area contributed by atoms with Gasteiger partial charge in [0.05, 0.1) is 6.26 Å². The lowest BCUT2D eigenvalue weighted by atomic mass is 9.95. The number of carbonyl (C=O) groups excluding carboxylic acids is 1. The summed E-state index contributed by atoms with van der Waals surface area (Å²) in [4.78, 5) is 12.1. The number of halogens is 1. The van der Waals surface area contributed by atoms with Crippen molar-refractivity contribution in [2.24, 2.45) is 5.92 Å². The van der Waals surface area contributed by atoms with Gasteiger partial charge in [-0.05, 0) is 31.0 Å². The molecule has 2 unspecified atom stereocenters. The first-order valence-electron chi connectivity index (χ1n) is 6.76. The smallest absolute Gasteiger partial charge is 0.273 e. The average Bonchev–Trinajstić information content (AvgIpc) is 3.11. The van der Waals surface area contributed by atoms with Crippen LogP contribution in [0.3, 0.4) is 0 Å². The van der Waals surface area contributed by atoms with Gasteiger partial charge in [-0.1, -0.05) is 12.1 Å². The van der Waals surface area contributed by atoms with Crippen molar-refractivity contribution in [1.29, 1.82) is 0 Å². The highest BCUT2D eigenvalue weighted by atomic mass is 35.5. The van der Waals surface area contributed by atoms with Gasteiger partial charge in [0.25, 0.3) is 5.91 Å². The number of carbonyl (C=O) groups is 1. The van der Waals surface area contributed by atoms with Gasteiger partial charge in [-0.3, -0.25) is 4.79 Å². The summed E-state index contributed by atoms with van der Waals surface area (Å²) in [5.74, 6) is 1.25. The lowest BCUT2D eigenvalue weighted by molar-refractivity contribution is 0.0906. The fraction of sp³-hybridized carbons (Fsp3) is 0.429. The van der Waals surface area contributed by atoms with Crippen LogP contribution < -0.4 is 10.6 Å². The van der Waals surface area contributed by atoms with Crippen molar-refractivity contribution < 1.29 is 13.7 Å². The van der Waals surface area contributed by atoms with Crippen LogP contribution in [0.1, 0.15) is 23.8 Å². The normalized spacial score (nSPS) is 21.6. The number of piperidine rings is 1. The Balaban J connectivity index is 0.00000161. The summed E-state index contributed by atoms with van der Waals surface area (Å²) in [6.07, 6.45) is 2.61. The number of hydrogen-bond acceptors (Lipinski definition) is 5. The molecule has 1 saturated heterocycles. The predicted octanol–water partition coefficient (Wildman–Crippen LogP) is 2.08. The van der Waals surface area contributed by atoms with Gasteiger partial charge < -0.3 is 19.6 Å². The van der Waals surface area contributed by atoms with E-state index in [1.54, 1.807) is 24.5 Å². The third-order valence-electron chi connectivity index (χ3n) is 3.65. The third-order valence-corrected chi connectivity index (χ3v) is 3.65. The molecular weight excluding hydrogens is 294 g/mol. The van der Waals surface area contributed by atoms with Gasteiger partial charge in [-0.25, -0.2) is 0 Å². The summed E-state index contributed by atoms with van der Waals surface area (Å²) in [6.45, 7) is 3.93. The quantitative estimate of drug-likeness (QED) is 0.907. The summed E-state index contributed by atoms with van der Waals surface area (Å²) >= 11 is 0. The first kappa shape index (κ1) is 15.6. The van der Waals surface area contributed by atoms with E-state index in [1.807, 2.05) is 0 Å². The Morgan fingerprint density at radius 1 is 1.48 bits per heavy atom. The summed E-state index contributed by atoms with van der Waals surface area (Å²) in [6, 6.07) is 5.23. The van der Waals surface area contributed by atoms with Crippen molar-refractivity contribution in [3.05, 3.63) is 30.2 Å². The van der Waals surface area contributed by atoms with Crippen LogP contribution in [0.5, 0.6) is 0 Å². The van der Waals surface area contributed by atoms with Crippen LogP contribution in [0.25, 0.3) is 11.5 Å². The molecule has 2 N–H and O–H groups in total. The number of rotatable bonds is 3. The topological polar surface area (TPSA) is 80.3 Å². The van der Waals surface area contributed by atoms with Crippen LogP contribution in [0, 0.1) is 5.92 Å². The van der Waals surface area contributed by atoms with Crippen LogP contribution in [0.15, 0.2) is 33.4 Å². The first-order chi connectivity index (χ1) is 9.74. The molecule has 3 heterocycles. The standard InChI is InChI=1S/C14H17N3O3.ClH/c1-9-4-5-15-8-11(9)16-14(18)10-7-13(20-17-10)12-3-2-6-19-12;/h2-3,6-7,9,11,15H,4-5,8H2,1H3,(H,16,18);1H. The van der Waals surface area contributed by atoms with Gasteiger partial charge in [-0.2, -0.15) is 0 Å².